The number of aryl methyl sites for hydroxylation is 2. The molecule has 0 bridgehead atoms. The molecule has 2 heterocycles. The Hall–Kier alpha value is -2.60. The van der Waals surface area contributed by atoms with Crippen molar-refractivity contribution in [3.05, 3.63) is 41.5 Å². The molecule has 2 aromatic heterocycles. The van der Waals surface area contributed by atoms with E-state index >= 15 is 0 Å². The fourth-order valence-corrected chi connectivity index (χ4v) is 3.34. The number of anilines is 2. The van der Waals surface area contributed by atoms with Gasteiger partial charge in [-0.05, 0) is 49.2 Å². The summed E-state index contributed by atoms with van der Waals surface area (Å²) in [5, 5.41) is 3.90. The van der Waals surface area contributed by atoms with Crippen LogP contribution in [0.4, 0.5) is 11.1 Å². The normalized spacial score (nSPS) is 11.3. The van der Waals surface area contributed by atoms with Crippen molar-refractivity contribution in [3.8, 4) is 5.75 Å². The molecule has 0 atom stereocenters. The van der Waals surface area contributed by atoms with Crippen LogP contribution in [0.2, 0.25) is 0 Å². The highest BCUT2D eigenvalue weighted by Crippen LogP contribution is 2.32. The van der Waals surface area contributed by atoms with E-state index in [9.17, 15) is 0 Å². The lowest BCUT2D eigenvalue weighted by Crippen LogP contribution is -1.88. The minimum Gasteiger partial charge on any atom is -0.497 e. The maximum atomic E-state index is 5.84. The molecule has 1 N–H and O–H groups in total. The first kappa shape index (κ1) is 14.0. The molecule has 0 radical (unpaired) electrons. The van der Waals surface area contributed by atoms with Gasteiger partial charge in [0.2, 0.25) is 0 Å². The smallest absolute Gasteiger partial charge is 0.302 e. The Morgan fingerprint density at radius 1 is 1.09 bits per heavy atom. The van der Waals surface area contributed by atoms with Crippen LogP contribution >= 0.6 is 11.3 Å². The molecule has 116 valence electrons. The predicted octanol–water partition coefficient (Wildman–Crippen LogP) is 4.81. The summed E-state index contributed by atoms with van der Waals surface area (Å²) in [6, 6.07) is 10.3. The molecule has 23 heavy (non-hydrogen) atoms. The summed E-state index contributed by atoms with van der Waals surface area (Å²) in [5.41, 5.74) is 4.87. The Morgan fingerprint density at radius 2 is 1.91 bits per heavy atom. The second kappa shape index (κ2) is 5.24. The van der Waals surface area contributed by atoms with Crippen LogP contribution in [0.5, 0.6) is 5.75 Å². The zero-order valence-electron chi connectivity index (χ0n) is 13.0. The molecule has 0 aliphatic heterocycles. The Kier molecular flexibility index (Phi) is 3.20. The van der Waals surface area contributed by atoms with E-state index in [0.29, 0.717) is 6.01 Å². The Morgan fingerprint density at radius 3 is 2.74 bits per heavy atom. The van der Waals surface area contributed by atoms with Gasteiger partial charge in [-0.25, -0.2) is 4.98 Å². The van der Waals surface area contributed by atoms with Gasteiger partial charge < -0.3 is 9.15 Å². The van der Waals surface area contributed by atoms with Gasteiger partial charge in [0.15, 0.2) is 10.7 Å². The third kappa shape index (κ3) is 2.41. The highest BCUT2D eigenvalue weighted by molar-refractivity contribution is 7.22. The molecule has 5 nitrogen and oxygen atoms in total. The van der Waals surface area contributed by atoms with Crippen LogP contribution < -0.4 is 10.1 Å². The molecule has 0 saturated heterocycles. The molecule has 0 aliphatic carbocycles. The van der Waals surface area contributed by atoms with Crippen LogP contribution in [0, 0.1) is 13.8 Å². The molecule has 0 amide bonds. The third-order valence-electron chi connectivity index (χ3n) is 3.89. The number of nitrogens with one attached hydrogen (secondary N) is 1. The SMILES string of the molecule is COc1ccc2nc(Nc3nc4ccc(C)c(C)c4o3)sc2c1. The van der Waals surface area contributed by atoms with E-state index in [4.69, 9.17) is 9.15 Å². The largest absolute Gasteiger partial charge is 0.497 e. The van der Waals surface area contributed by atoms with Gasteiger partial charge in [0, 0.05) is 0 Å². The maximum absolute atomic E-state index is 5.84. The second-order valence-electron chi connectivity index (χ2n) is 5.35. The van der Waals surface area contributed by atoms with Crippen LogP contribution in [0.1, 0.15) is 11.1 Å². The van der Waals surface area contributed by atoms with Crippen molar-refractivity contribution in [1.29, 1.82) is 0 Å². The molecule has 0 spiro atoms. The number of benzene rings is 2. The quantitative estimate of drug-likeness (QED) is 0.586. The topological polar surface area (TPSA) is 60.2 Å². The van der Waals surface area contributed by atoms with E-state index in [2.05, 4.69) is 22.2 Å². The summed E-state index contributed by atoms with van der Waals surface area (Å²) in [5.74, 6) is 0.820. The van der Waals surface area contributed by atoms with Crippen molar-refractivity contribution in [1.82, 2.24) is 9.97 Å². The van der Waals surface area contributed by atoms with E-state index in [0.717, 1.165) is 37.8 Å². The number of nitrogens with zero attached hydrogens (tertiary/aromatic N) is 2. The van der Waals surface area contributed by atoms with Crippen molar-refractivity contribution < 1.29 is 9.15 Å². The average molecular weight is 325 g/mol. The van der Waals surface area contributed by atoms with Gasteiger partial charge >= 0.3 is 6.01 Å². The average Bonchev–Trinajstić information content (AvgIpc) is 3.13. The van der Waals surface area contributed by atoms with Crippen LogP contribution in [0.3, 0.4) is 0 Å². The highest BCUT2D eigenvalue weighted by atomic mass is 32.1. The number of oxazole rings is 1. The van der Waals surface area contributed by atoms with Gasteiger partial charge in [0.25, 0.3) is 0 Å². The number of methoxy groups -OCH3 is 1. The number of hydrogen-bond acceptors (Lipinski definition) is 6. The maximum Gasteiger partial charge on any atom is 0.302 e. The lowest BCUT2D eigenvalue weighted by molar-refractivity contribution is 0.415. The fraction of sp³-hybridized carbons (Fsp3) is 0.176. The minimum atomic E-state index is 0.458. The molecule has 0 saturated carbocycles. The predicted molar refractivity (Wildman–Crippen MR) is 92.9 cm³/mol. The van der Waals surface area contributed by atoms with Crippen LogP contribution in [0.25, 0.3) is 21.3 Å². The summed E-state index contributed by atoms with van der Waals surface area (Å²) in [4.78, 5) is 9.02. The number of ether oxygens (including phenoxy) is 1. The summed E-state index contributed by atoms with van der Waals surface area (Å²) >= 11 is 1.54. The molecule has 4 rings (SSSR count). The van der Waals surface area contributed by atoms with E-state index < -0.39 is 0 Å². The number of thiazole rings is 1. The van der Waals surface area contributed by atoms with Crippen molar-refractivity contribution in [3.63, 3.8) is 0 Å². The Labute approximate surface area is 136 Å². The lowest BCUT2D eigenvalue weighted by atomic mass is 10.1. The van der Waals surface area contributed by atoms with Gasteiger partial charge in [-0.2, -0.15) is 4.98 Å². The summed E-state index contributed by atoms with van der Waals surface area (Å²) in [6.07, 6.45) is 0. The number of hydrogen-bond donors (Lipinski definition) is 1. The first-order chi connectivity index (χ1) is 11.1. The van der Waals surface area contributed by atoms with Crippen LogP contribution in [-0.2, 0) is 0 Å². The summed E-state index contributed by atoms with van der Waals surface area (Å²) < 4.78 is 12.1. The third-order valence-corrected chi connectivity index (χ3v) is 4.82. The second-order valence-corrected chi connectivity index (χ2v) is 6.38. The number of fused-ring (bicyclic) bond motifs is 2. The first-order valence-corrected chi connectivity index (χ1v) is 8.04. The van der Waals surface area contributed by atoms with E-state index in [-0.39, 0.29) is 0 Å². The molecule has 6 heteroatoms. The van der Waals surface area contributed by atoms with Crippen molar-refractivity contribution in [2.75, 3.05) is 12.4 Å². The lowest BCUT2D eigenvalue weighted by Gasteiger charge is -1.97. The van der Waals surface area contributed by atoms with Crippen LogP contribution in [-0.4, -0.2) is 17.1 Å². The van der Waals surface area contributed by atoms with Crippen molar-refractivity contribution >= 4 is 43.8 Å². The first-order valence-electron chi connectivity index (χ1n) is 7.22. The van der Waals surface area contributed by atoms with Crippen molar-refractivity contribution in [2.45, 2.75) is 13.8 Å². The number of aromatic nitrogens is 2. The van der Waals surface area contributed by atoms with Gasteiger partial charge in [0.05, 0.1) is 17.3 Å². The summed E-state index contributed by atoms with van der Waals surface area (Å²) in [7, 11) is 1.66. The molecule has 4 aromatic rings. The zero-order valence-corrected chi connectivity index (χ0v) is 13.8. The Bertz CT molecular complexity index is 1020. The fourth-order valence-electron chi connectivity index (χ4n) is 2.45. The summed E-state index contributed by atoms with van der Waals surface area (Å²) in [6.45, 7) is 4.10. The highest BCUT2D eigenvalue weighted by Gasteiger charge is 2.12. The standard InChI is InChI=1S/C17H15N3O2S/c1-9-4-6-13-15(10(9)2)22-16(18-13)20-17-19-12-7-5-11(21-3)8-14(12)23-17/h4-8H,1-3H3,(H,18,19,20). The van der Waals surface area contributed by atoms with E-state index in [1.165, 1.54) is 16.9 Å². The molecular weight excluding hydrogens is 310 g/mol. The molecule has 2 aromatic carbocycles. The van der Waals surface area contributed by atoms with E-state index in [1.807, 2.05) is 37.3 Å². The zero-order chi connectivity index (χ0) is 16.0. The minimum absolute atomic E-state index is 0.458. The van der Waals surface area contributed by atoms with Gasteiger partial charge in [-0.15, -0.1) is 0 Å². The molecular formula is C17H15N3O2S. The Balaban J connectivity index is 1.71. The molecule has 0 fully saturated rings. The van der Waals surface area contributed by atoms with Crippen LogP contribution in [0.15, 0.2) is 34.7 Å². The van der Waals surface area contributed by atoms with Gasteiger partial charge in [-0.1, -0.05) is 17.4 Å². The molecule has 0 unspecified atom stereocenters. The van der Waals surface area contributed by atoms with Gasteiger partial charge in [0.1, 0.15) is 11.3 Å². The monoisotopic (exact) mass is 325 g/mol. The number of rotatable bonds is 3. The molecule has 0 aliphatic rings. The van der Waals surface area contributed by atoms with Gasteiger partial charge in [-0.3, -0.25) is 5.32 Å². The van der Waals surface area contributed by atoms with Crippen molar-refractivity contribution in [2.24, 2.45) is 0 Å². The van der Waals surface area contributed by atoms with E-state index in [1.54, 1.807) is 7.11 Å².